The van der Waals surface area contributed by atoms with Gasteiger partial charge in [0.25, 0.3) is 0 Å². The molecule has 0 spiro atoms. The van der Waals surface area contributed by atoms with Crippen LogP contribution in [-0.4, -0.2) is 55.8 Å². The first-order valence-electron chi connectivity index (χ1n) is 10.0. The summed E-state index contributed by atoms with van der Waals surface area (Å²) in [6.07, 6.45) is 0.846. The van der Waals surface area contributed by atoms with Crippen molar-refractivity contribution in [1.29, 1.82) is 0 Å². The first-order valence-corrected chi connectivity index (χ1v) is 10.0. The van der Waals surface area contributed by atoms with E-state index in [4.69, 9.17) is 14.5 Å². The minimum atomic E-state index is 0.387. The van der Waals surface area contributed by atoms with Crippen LogP contribution in [0.2, 0.25) is 0 Å². The third-order valence-corrected chi connectivity index (χ3v) is 5.40. The highest BCUT2D eigenvalue weighted by Gasteiger charge is 2.25. The molecule has 0 N–H and O–H groups in total. The normalized spacial score (nSPS) is 13.6. The zero-order valence-electron chi connectivity index (χ0n) is 17.6. The van der Waals surface area contributed by atoms with Gasteiger partial charge in [0.1, 0.15) is 6.61 Å². The van der Waals surface area contributed by atoms with Crippen LogP contribution >= 0.6 is 0 Å². The van der Waals surface area contributed by atoms with E-state index in [1.807, 2.05) is 14.1 Å². The second kappa shape index (κ2) is 8.25. The van der Waals surface area contributed by atoms with E-state index < -0.39 is 0 Å². The predicted octanol–water partition coefficient (Wildman–Crippen LogP) is 3.45. The van der Waals surface area contributed by atoms with Crippen molar-refractivity contribution in [1.82, 2.24) is 14.9 Å². The van der Waals surface area contributed by atoms with Gasteiger partial charge in [-0.05, 0) is 44.5 Å². The van der Waals surface area contributed by atoms with Gasteiger partial charge < -0.3 is 19.3 Å². The SMILES string of the molecule is COc1nc(OCCN(C)C)nc2c1CCN(c1cccc3cccc(C)c13)C2. The van der Waals surface area contributed by atoms with Crippen molar-refractivity contribution in [2.75, 3.05) is 45.8 Å². The van der Waals surface area contributed by atoms with Gasteiger partial charge in [-0.1, -0.05) is 30.3 Å². The average molecular weight is 393 g/mol. The molecular formula is C23H28N4O2. The Balaban J connectivity index is 1.66. The number of hydrogen-bond acceptors (Lipinski definition) is 6. The van der Waals surface area contributed by atoms with E-state index >= 15 is 0 Å². The number of nitrogens with zero attached hydrogens (tertiary/aromatic N) is 4. The second-order valence-electron chi connectivity index (χ2n) is 7.71. The van der Waals surface area contributed by atoms with E-state index in [0.29, 0.717) is 25.0 Å². The number of aromatic nitrogens is 2. The molecule has 6 nitrogen and oxygen atoms in total. The lowest BCUT2D eigenvalue weighted by molar-refractivity contribution is 0.240. The van der Waals surface area contributed by atoms with Gasteiger partial charge in [-0.15, -0.1) is 0 Å². The van der Waals surface area contributed by atoms with Crippen LogP contribution in [0.1, 0.15) is 16.8 Å². The first kappa shape index (κ1) is 19.5. The maximum atomic E-state index is 5.79. The van der Waals surface area contributed by atoms with Crippen molar-refractivity contribution >= 4 is 16.5 Å². The van der Waals surface area contributed by atoms with Gasteiger partial charge in [-0.25, -0.2) is 0 Å². The molecule has 1 aliphatic rings. The molecule has 152 valence electrons. The Kier molecular flexibility index (Phi) is 5.53. The molecule has 0 atom stereocenters. The Bertz CT molecular complexity index is 1010. The summed E-state index contributed by atoms with van der Waals surface area (Å²) >= 11 is 0. The van der Waals surface area contributed by atoms with E-state index in [1.165, 1.54) is 22.0 Å². The van der Waals surface area contributed by atoms with Crippen LogP contribution in [0.5, 0.6) is 11.9 Å². The van der Waals surface area contributed by atoms with Crippen molar-refractivity contribution in [2.45, 2.75) is 19.9 Å². The highest BCUT2D eigenvalue weighted by molar-refractivity contribution is 5.96. The van der Waals surface area contributed by atoms with Gasteiger partial charge in [0.15, 0.2) is 0 Å². The van der Waals surface area contributed by atoms with Gasteiger partial charge in [-0.3, -0.25) is 0 Å². The zero-order chi connectivity index (χ0) is 20.4. The molecule has 0 amide bonds. The fourth-order valence-corrected chi connectivity index (χ4v) is 3.90. The van der Waals surface area contributed by atoms with E-state index in [1.54, 1.807) is 7.11 Å². The topological polar surface area (TPSA) is 50.7 Å². The number of ether oxygens (including phenoxy) is 2. The largest absolute Gasteiger partial charge is 0.481 e. The summed E-state index contributed by atoms with van der Waals surface area (Å²) in [5.41, 5.74) is 4.60. The molecule has 0 radical (unpaired) electrons. The minimum absolute atomic E-state index is 0.387. The van der Waals surface area contributed by atoms with Crippen molar-refractivity contribution in [2.24, 2.45) is 0 Å². The number of fused-ring (bicyclic) bond motifs is 2. The molecule has 1 aliphatic heterocycles. The smallest absolute Gasteiger partial charge is 0.320 e. The van der Waals surface area contributed by atoms with E-state index in [2.05, 4.69) is 58.1 Å². The van der Waals surface area contributed by atoms with Crippen LogP contribution in [0, 0.1) is 6.92 Å². The Morgan fingerprint density at radius 3 is 2.66 bits per heavy atom. The number of methoxy groups -OCH3 is 1. The highest BCUT2D eigenvalue weighted by atomic mass is 16.5. The highest BCUT2D eigenvalue weighted by Crippen LogP contribution is 2.34. The van der Waals surface area contributed by atoms with Crippen molar-refractivity contribution in [3.05, 3.63) is 53.2 Å². The van der Waals surface area contributed by atoms with Gasteiger partial charge in [0, 0.05) is 29.7 Å². The van der Waals surface area contributed by atoms with E-state index in [-0.39, 0.29) is 0 Å². The Morgan fingerprint density at radius 2 is 1.90 bits per heavy atom. The summed E-state index contributed by atoms with van der Waals surface area (Å²) in [6.45, 7) is 5.14. The first-order chi connectivity index (χ1) is 14.1. The summed E-state index contributed by atoms with van der Waals surface area (Å²) in [5.74, 6) is 0.628. The van der Waals surface area contributed by atoms with Crippen LogP contribution in [-0.2, 0) is 13.0 Å². The van der Waals surface area contributed by atoms with Crippen LogP contribution in [0.15, 0.2) is 36.4 Å². The molecule has 6 heteroatoms. The molecule has 2 heterocycles. The predicted molar refractivity (Wildman–Crippen MR) is 116 cm³/mol. The molecule has 4 rings (SSSR count). The summed E-state index contributed by atoms with van der Waals surface area (Å²) in [6, 6.07) is 13.3. The molecular weight excluding hydrogens is 364 g/mol. The van der Waals surface area contributed by atoms with Crippen molar-refractivity contribution in [3.8, 4) is 11.9 Å². The molecule has 0 fully saturated rings. The maximum absolute atomic E-state index is 5.79. The van der Waals surface area contributed by atoms with E-state index in [9.17, 15) is 0 Å². The number of aryl methyl sites for hydroxylation is 1. The van der Waals surface area contributed by atoms with Crippen LogP contribution in [0.25, 0.3) is 10.8 Å². The lowest BCUT2D eigenvalue weighted by atomic mass is 10.0. The van der Waals surface area contributed by atoms with E-state index in [0.717, 1.165) is 30.8 Å². The van der Waals surface area contributed by atoms with Crippen LogP contribution in [0.3, 0.4) is 0 Å². The quantitative estimate of drug-likeness (QED) is 0.640. The standard InChI is InChI=1S/C23H28N4O2/c1-16-7-5-8-17-9-6-10-20(21(16)17)27-12-11-18-19(15-27)24-23(25-22(18)28-4)29-14-13-26(2)3/h5-10H,11-15H2,1-4H3. The van der Waals surface area contributed by atoms with Crippen molar-refractivity contribution < 1.29 is 9.47 Å². The lowest BCUT2D eigenvalue weighted by Gasteiger charge is -2.31. The molecule has 1 aromatic heterocycles. The fraction of sp³-hybridized carbons (Fsp3) is 0.391. The zero-order valence-corrected chi connectivity index (χ0v) is 17.6. The number of rotatable bonds is 6. The molecule has 0 bridgehead atoms. The number of anilines is 1. The molecule has 3 aromatic rings. The molecule has 0 aliphatic carbocycles. The molecule has 0 unspecified atom stereocenters. The number of likely N-dealkylation sites (N-methyl/N-ethyl adjacent to an activating group) is 1. The average Bonchev–Trinajstić information content (AvgIpc) is 2.72. The maximum Gasteiger partial charge on any atom is 0.320 e. The van der Waals surface area contributed by atoms with Crippen LogP contribution < -0.4 is 14.4 Å². The Labute approximate surface area is 172 Å². The van der Waals surface area contributed by atoms with Gasteiger partial charge in [0.2, 0.25) is 5.88 Å². The van der Waals surface area contributed by atoms with Crippen molar-refractivity contribution in [3.63, 3.8) is 0 Å². The number of hydrogen-bond donors (Lipinski definition) is 0. The Hall–Kier alpha value is -2.86. The fourth-order valence-electron chi connectivity index (χ4n) is 3.90. The molecule has 2 aromatic carbocycles. The summed E-state index contributed by atoms with van der Waals surface area (Å²) < 4.78 is 11.3. The second-order valence-corrected chi connectivity index (χ2v) is 7.71. The Morgan fingerprint density at radius 1 is 1.10 bits per heavy atom. The molecule has 0 saturated heterocycles. The lowest BCUT2D eigenvalue weighted by Crippen LogP contribution is -2.32. The third kappa shape index (κ3) is 3.98. The summed E-state index contributed by atoms with van der Waals surface area (Å²) in [7, 11) is 5.69. The van der Waals surface area contributed by atoms with Gasteiger partial charge >= 0.3 is 6.01 Å². The van der Waals surface area contributed by atoms with Gasteiger partial charge in [0.05, 0.1) is 19.3 Å². The summed E-state index contributed by atoms with van der Waals surface area (Å²) in [4.78, 5) is 13.7. The summed E-state index contributed by atoms with van der Waals surface area (Å²) in [5, 5.41) is 2.57. The van der Waals surface area contributed by atoms with Gasteiger partial charge in [-0.2, -0.15) is 9.97 Å². The third-order valence-electron chi connectivity index (χ3n) is 5.40. The monoisotopic (exact) mass is 392 g/mol. The molecule has 0 saturated carbocycles. The molecule has 29 heavy (non-hydrogen) atoms. The minimum Gasteiger partial charge on any atom is -0.481 e. The van der Waals surface area contributed by atoms with Crippen LogP contribution in [0.4, 0.5) is 5.69 Å². The number of benzene rings is 2.